The summed E-state index contributed by atoms with van der Waals surface area (Å²) in [6, 6.07) is 14.4. The molecule has 3 N–H and O–H groups in total. The summed E-state index contributed by atoms with van der Waals surface area (Å²) in [5.74, 6) is -0.519. The number of pyridine rings is 1. The number of anilines is 1. The van der Waals surface area contributed by atoms with Gasteiger partial charge in [0.05, 0.1) is 0 Å². The largest absolute Gasteiger partial charge is 0.508 e. The fourth-order valence-corrected chi connectivity index (χ4v) is 2.67. The first-order chi connectivity index (χ1) is 13.0. The number of rotatable bonds is 6. The first-order valence-electron chi connectivity index (χ1n) is 8.55. The van der Waals surface area contributed by atoms with E-state index in [4.69, 9.17) is 0 Å². The van der Waals surface area contributed by atoms with E-state index in [0.717, 1.165) is 5.56 Å². The second kappa shape index (κ2) is 8.42. The van der Waals surface area contributed by atoms with Crippen LogP contribution in [0.25, 0.3) is 0 Å². The number of hydrogen-bond donors (Lipinski definition) is 3. The number of carbonyl (C=O) groups excluding carboxylic acids is 1. The molecule has 5 nitrogen and oxygen atoms in total. The van der Waals surface area contributed by atoms with Crippen LogP contribution in [0.5, 0.6) is 5.75 Å². The summed E-state index contributed by atoms with van der Waals surface area (Å²) in [7, 11) is 0. The van der Waals surface area contributed by atoms with Gasteiger partial charge < -0.3 is 15.7 Å². The van der Waals surface area contributed by atoms with Crippen LogP contribution in [-0.2, 0) is 6.54 Å². The van der Waals surface area contributed by atoms with Gasteiger partial charge in [-0.2, -0.15) is 0 Å². The van der Waals surface area contributed by atoms with Crippen molar-refractivity contribution in [3.63, 3.8) is 0 Å². The van der Waals surface area contributed by atoms with Gasteiger partial charge in [0, 0.05) is 41.8 Å². The molecule has 0 saturated carbocycles. The summed E-state index contributed by atoms with van der Waals surface area (Å²) >= 11 is 0. The Kier molecular flexibility index (Phi) is 5.78. The van der Waals surface area contributed by atoms with Crippen LogP contribution in [0.3, 0.4) is 0 Å². The fraction of sp³-hybridized carbons (Fsp3) is 0.143. The smallest absolute Gasteiger partial charge is 0.255 e. The number of nitrogens with one attached hydrogen (secondary N) is 2. The molecule has 1 unspecified atom stereocenters. The first-order valence-corrected chi connectivity index (χ1v) is 8.55. The predicted octanol–water partition coefficient (Wildman–Crippen LogP) is 4.03. The fourth-order valence-electron chi connectivity index (χ4n) is 2.67. The average Bonchev–Trinajstić information content (AvgIpc) is 2.69. The van der Waals surface area contributed by atoms with Crippen molar-refractivity contribution in [1.29, 1.82) is 0 Å². The van der Waals surface area contributed by atoms with E-state index in [1.165, 1.54) is 18.2 Å². The Bertz CT molecular complexity index is 914. The first kappa shape index (κ1) is 18.5. The third-order valence-corrected chi connectivity index (χ3v) is 4.22. The lowest BCUT2D eigenvalue weighted by molar-refractivity contribution is 0.102. The Morgan fingerprint density at radius 1 is 1.11 bits per heavy atom. The number of nitrogens with zero attached hydrogens (tertiary/aromatic N) is 1. The Balaban J connectivity index is 1.57. The molecule has 0 saturated heterocycles. The molecule has 0 fully saturated rings. The van der Waals surface area contributed by atoms with Crippen LogP contribution in [0.2, 0.25) is 0 Å². The van der Waals surface area contributed by atoms with Crippen molar-refractivity contribution in [2.24, 2.45) is 0 Å². The molecule has 0 radical (unpaired) electrons. The SMILES string of the molecule is CC(NCc1ccc(NC(=O)c2ccncc2)cc1)c1cc(F)ccc1O. The number of carbonyl (C=O) groups is 1. The van der Waals surface area contributed by atoms with E-state index in [1.54, 1.807) is 24.5 Å². The summed E-state index contributed by atoms with van der Waals surface area (Å²) in [6.45, 7) is 2.40. The maximum Gasteiger partial charge on any atom is 0.255 e. The van der Waals surface area contributed by atoms with Gasteiger partial charge in [-0.1, -0.05) is 12.1 Å². The van der Waals surface area contributed by atoms with Gasteiger partial charge in [0.1, 0.15) is 11.6 Å². The number of aromatic nitrogens is 1. The highest BCUT2D eigenvalue weighted by Crippen LogP contribution is 2.25. The van der Waals surface area contributed by atoms with Gasteiger partial charge in [-0.3, -0.25) is 9.78 Å². The molecule has 27 heavy (non-hydrogen) atoms. The van der Waals surface area contributed by atoms with Crippen molar-refractivity contribution in [2.75, 3.05) is 5.32 Å². The Morgan fingerprint density at radius 3 is 2.52 bits per heavy atom. The van der Waals surface area contributed by atoms with Crippen LogP contribution in [0.1, 0.15) is 34.5 Å². The molecule has 1 amide bonds. The minimum Gasteiger partial charge on any atom is -0.508 e. The zero-order chi connectivity index (χ0) is 19.2. The van der Waals surface area contributed by atoms with Crippen LogP contribution >= 0.6 is 0 Å². The molecular formula is C21H20FN3O2. The molecular weight excluding hydrogens is 345 g/mol. The summed E-state index contributed by atoms with van der Waals surface area (Å²) in [6.07, 6.45) is 3.14. The van der Waals surface area contributed by atoms with Gasteiger partial charge in [0.15, 0.2) is 0 Å². The topological polar surface area (TPSA) is 74.2 Å². The van der Waals surface area contributed by atoms with Gasteiger partial charge in [0.2, 0.25) is 0 Å². The number of benzene rings is 2. The minimum absolute atomic E-state index is 0.0607. The lowest BCUT2D eigenvalue weighted by Gasteiger charge is -2.16. The van der Waals surface area contributed by atoms with Crippen LogP contribution < -0.4 is 10.6 Å². The van der Waals surface area contributed by atoms with Gasteiger partial charge >= 0.3 is 0 Å². The molecule has 3 aromatic rings. The van der Waals surface area contributed by atoms with Crippen molar-refractivity contribution in [3.8, 4) is 5.75 Å². The third-order valence-electron chi connectivity index (χ3n) is 4.22. The number of aromatic hydroxyl groups is 1. The number of phenolic OH excluding ortho intramolecular Hbond substituents is 1. The molecule has 0 spiro atoms. The zero-order valence-corrected chi connectivity index (χ0v) is 14.8. The molecule has 6 heteroatoms. The van der Waals surface area contributed by atoms with E-state index in [2.05, 4.69) is 15.6 Å². The van der Waals surface area contributed by atoms with E-state index >= 15 is 0 Å². The molecule has 0 aliphatic carbocycles. The predicted molar refractivity (Wildman–Crippen MR) is 102 cm³/mol. The summed E-state index contributed by atoms with van der Waals surface area (Å²) < 4.78 is 13.4. The molecule has 1 heterocycles. The minimum atomic E-state index is -0.384. The molecule has 0 aliphatic rings. The van der Waals surface area contributed by atoms with E-state index in [-0.39, 0.29) is 23.5 Å². The van der Waals surface area contributed by atoms with Crippen LogP contribution in [-0.4, -0.2) is 16.0 Å². The van der Waals surface area contributed by atoms with E-state index in [9.17, 15) is 14.3 Å². The van der Waals surface area contributed by atoms with Gasteiger partial charge in [0.25, 0.3) is 5.91 Å². The van der Waals surface area contributed by atoms with Crippen molar-refractivity contribution < 1.29 is 14.3 Å². The van der Waals surface area contributed by atoms with Crippen LogP contribution in [0.15, 0.2) is 67.0 Å². The summed E-state index contributed by atoms with van der Waals surface area (Å²) in [4.78, 5) is 16.0. The van der Waals surface area contributed by atoms with Crippen molar-refractivity contribution in [2.45, 2.75) is 19.5 Å². The van der Waals surface area contributed by atoms with E-state index in [1.807, 2.05) is 31.2 Å². The molecule has 0 bridgehead atoms. The quantitative estimate of drug-likeness (QED) is 0.617. The number of amides is 1. The maximum absolute atomic E-state index is 13.4. The van der Waals surface area contributed by atoms with Crippen LogP contribution in [0, 0.1) is 5.82 Å². The van der Waals surface area contributed by atoms with Crippen molar-refractivity contribution in [1.82, 2.24) is 10.3 Å². The lowest BCUT2D eigenvalue weighted by Crippen LogP contribution is -2.18. The molecule has 2 aromatic carbocycles. The normalized spacial score (nSPS) is 11.8. The zero-order valence-electron chi connectivity index (χ0n) is 14.8. The summed E-state index contributed by atoms with van der Waals surface area (Å²) in [5.41, 5.74) is 2.74. The lowest BCUT2D eigenvalue weighted by atomic mass is 10.1. The van der Waals surface area contributed by atoms with Gasteiger partial charge in [-0.15, -0.1) is 0 Å². The Hall–Kier alpha value is -3.25. The van der Waals surface area contributed by atoms with Crippen molar-refractivity contribution in [3.05, 3.63) is 89.5 Å². The number of halogens is 1. The number of phenols is 1. The second-order valence-electron chi connectivity index (χ2n) is 6.19. The molecule has 1 aromatic heterocycles. The van der Waals surface area contributed by atoms with Gasteiger partial charge in [-0.05, 0) is 55.0 Å². The highest BCUT2D eigenvalue weighted by molar-refractivity contribution is 6.04. The van der Waals surface area contributed by atoms with Crippen molar-refractivity contribution >= 4 is 11.6 Å². The second-order valence-corrected chi connectivity index (χ2v) is 6.19. The third kappa shape index (κ3) is 4.89. The molecule has 0 aliphatic heterocycles. The Labute approximate surface area is 156 Å². The highest BCUT2D eigenvalue weighted by Gasteiger charge is 2.11. The Morgan fingerprint density at radius 2 is 1.81 bits per heavy atom. The molecule has 138 valence electrons. The highest BCUT2D eigenvalue weighted by atomic mass is 19.1. The van der Waals surface area contributed by atoms with E-state index in [0.29, 0.717) is 23.4 Å². The average molecular weight is 365 g/mol. The molecule has 1 atom stereocenters. The molecule has 3 rings (SSSR count). The number of hydrogen-bond acceptors (Lipinski definition) is 4. The van der Waals surface area contributed by atoms with Gasteiger partial charge in [-0.25, -0.2) is 4.39 Å². The van der Waals surface area contributed by atoms with E-state index < -0.39 is 0 Å². The summed E-state index contributed by atoms with van der Waals surface area (Å²) in [5, 5.41) is 15.9. The monoisotopic (exact) mass is 365 g/mol. The van der Waals surface area contributed by atoms with Crippen LogP contribution in [0.4, 0.5) is 10.1 Å². The maximum atomic E-state index is 13.4. The standard InChI is InChI=1S/C21H20FN3O2/c1-14(19-12-17(22)4-7-20(19)26)24-13-15-2-5-18(6-3-15)25-21(27)16-8-10-23-11-9-16/h2-12,14,24,26H,13H2,1H3,(H,25,27).